The molecule has 0 amide bonds. The van der Waals surface area contributed by atoms with E-state index in [1.807, 2.05) is 30.3 Å². The van der Waals surface area contributed by atoms with Crippen molar-refractivity contribution in [2.45, 2.75) is 0 Å². The molecule has 112 valence electrons. The Morgan fingerprint density at radius 3 is 2.61 bits per heavy atom. The second-order valence-electron chi connectivity index (χ2n) is 4.89. The second kappa shape index (κ2) is 5.49. The van der Waals surface area contributed by atoms with E-state index in [2.05, 4.69) is 19.9 Å². The Kier molecular flexibility index (Phi) is 3.20. The molecule has 0 radical (unpaired) electrons. The number of ether oxygens (including phenoxy) is 1. The Hall–Kier alpha value is -3.28. The zero-order chi connectivity index (χ0) is 15.6. The monoisotopic (exact) mass is 304 g/mol. The van der Waals surface area contributed by atoms with Gasteiger partial charge >= 0.3 is 0 Å². The molecule has 3 heterocycles. The van der Waals surface area contributed by atoms with Crippen LogP contribution in [0.15, 0.2) is 59.5 Å². The fourth-order valence-electron chi connectivity index (χ4n) is 2.25. The third-order valence-electron chi connectivity index (χ3n) is 3.42. The maximum Gasteiger partial charge on any atom is 0.228 e. The van der Waals surface area contributed by atoms with Gasteiger partial charge in [0.15, 0.2) is 17.2 Å². The van der Waals surface area contributed by atoms with Gasteiger partial charge in [0.05, 0.1) is 25.1 Å². The van der Waals surface area contributed by atoms with Crippen molar-refractivity contribution in [2.75, 3.05) is 7.11 Å². The Bertz CT molecular complexity index is 949. The summed E-state index contributed by atoms with van der Waals surface area (Å²) in [6, 6.07) is 9.43. The van der Waals surface area contributed by atoms with E-state index < -0.39 is 0 Å². The van der Waals surface area contributed by atoms with Gasteiger partial charge in [-0.15, -0.1) is 0 Å². The number of oxazole rings is 1. The first kappa shape index (κ1) is 13.4. The maximum absolute atomic E-state index is 5.77. The van der Waals surface area contributed by atoms with E-state index in [4.69, 9.17) is 9.15 Å². The lowest BCUT2D eigenvalue weighted by molar-refractivity contribution is 0.411. The van der Waals surface area contributed by atoms with Crippen LogP contribution in [0.2, 0.25) is 0 Å². The van der Waals surface area contributed by atoms with Crippen LogP contribution >= 0.6 is 0 Å². The van der Waals surface area contributed by atoms with Crippen molar-refractivity contribution >= 4 is 11.1 Å². The first-order chi connectivity index (χ1) is 11.3. The average molecular weight is 304 g/mol. The van der Waals surface area contributed by atoms with Crippen molar-refractivity contribution in [2.24, 2.45) is 0 Å². The predicted molar refractivity (Wildman–Crippen MR) is 84.8 cm³/mol. The fourth-order valence-corrected chi connectivity index (χ4v) is 2.25. The van der Waals surface area contributed by atoms with E-state index in [0.717, 1.165) is 16.6 Å². The molecule has 0 N–H and O–H groups in total. The topological polar surface area (TPSA) is 73.9 Å². The van der Waals surface area contributed by atoms with Crippen molar-refractivity contribution in [3.05, 3.63) is 55.1 Å². The van der Waals surface area contributed by atoms with Crippen LogP contribution in [0.4, 0.5) is 0 Å². The number of rotatable bonds is 3. The summed E-state index contributed by atoms with van der Waals surface area (Å²) in [5.74, 6) is 1.77. The number of fused-ring (bicyclic) bond motifs is 1. The number of nitrogens with zero attached hydrogens (tertiary/aromatic N) is 4. The van der Waals surface area contributed by atoms with Crippen LogP contribution in [0.3, 0.4) is 0 Å². The molecule has 6 heteroatoms. The van der Waals surface area contributed by atoms with Crippen LogP contribution in [0.5, 0.6) is 5.75 Å². The molecule has 6 nitrogen and oxygen atoms in total. The molecule has 0 spiro atoms. The summed E-state index contributed by atoms with van der Waals surface area (Å²) in [5.41, 5.74) is 3.17. The van der Waals surface area contributed by atoms with Gasteiger partial charge in [-0.25, -0.2) is 15.0 Å². The smallest absolute Gasteiger partial charge is 0.228 e. The average Bonchev–Trinajstić information content (AvgIpc) is 3.06. The SMILES string of the molecule is COc1cnc(-c2ccc3oc(-c4cccnc4)nc3c2)nc1. The fraction of sp³-hybridized carbons (Fsp3) is 0.0588. The van der Waals surface area contributed by atoms with Gasteiger partial charge in [0.1, 0.15) is 5.52 Å². The molecular weight excluding hydrogens is 292 g/mol. The number of pyridine rings is 1. The zero-order valence-corrected chi connectivity index (χ0v) is 12.3. The number of aromatic nitrogens is 4. The quantitative estimate of drug-likeness (QED) is 0.578. The van der Waals surface area contributed by atoms with Gasteiger partial charge in [0.2, 0.25) is 5.89 Å². The lowest BCUT2D eigenvalue weighted by atomic mass is 10.2. The largest absolute Gasteiger partial charge is 0.494 e. The van der Waals surface area contributed by atoms with Gasteiger partial charge in [-0.05, 0) is 30.3 Å². The van der Waals surface area contributed by atoms with Crippen molar-refractivity contribution in [3.8, 4) is 28.6 Å². The Morgan fingerprint density at radius 2 is 1.87 bits per heavy atom. The molecule has 0 unspecified atom stereocenters. The normalized spacial score (nSPS) is 10.8. The molecular formula is C17H12N4O2. The van der Waals surface area contributed by atoms with Crippen LogP contribution in [0.25, 0.3) is 33.9 Å². The van der Waals surface area contributed by atoms with Crippen LogP contribution in [0.1, 0.15) is 0 Å². The number of methoxy groups -OCH3 is 1. The Balaban J connectivity index is 1.75. The van der Waals surface area contributed by atoms with Crippen LogP contribution in [-0.4, -0.2) is 27.0 Å². The highest BCUT2D eigenvalue weighted by Crippen LogP contribution is 2.27. The molecule has 4 aromatic rings. The summed E-state index contributed by atoms with van der Waals surface area (Å²) in [7, 11) is 1.58. The minimum absolute atomic E-state index is 0.542. The van der Waals surface area contributed by atoms with E-state index in [1.165, 1.54) is 0 Å². The van der Waals surface area contributed by atoms with Gasteiger partial charge in [0, 0.05) is 18.0 Å². The highest BCUT2D eigenvalue weighted by atomic mass is 16.5. The highest BCUT2D eigenvalue weighted by Gasteiger charge is 2.10. The van der Waals surface area contributed by atoms with E-state index in [-0.39, 0.29) is 0 Å². The molecule has 3 aromatic heterocycles. The molecule has 0 aliphatic rings. The predicted octanol–water partition coefficient (Wildman–Crippen LogP) is 3.36. The zero-order valence-electron chi connectivity index (χ0n) is 12.3. The van der Waals surface area contributed by atoms with Gasteiger partial charge in [-0.2, -0.15) is 0 Å². The van der Waals surface area contributed by atoms with Crippen molar-refractivity contribution < 1.29 is 9.15 Å². The molecule has 23 heavy (non-hydrogen) atoms. The molecule has 0 saturated heterocycles. The third kappa shape index (κ3) is 2.50. The third-order valence-corrected chi connectivity index (χ3v) is 3.42. The summed E-state index contributed by atoms with van der Waals surface area (Å²) < 4.78 is 10.8. The van der Waals surface area contributed by atoms with Gasteiger partial charge < -0.3 is 9.15 Å². The lowest BCUT2D eigenvalue weighted by Crippen LogP contribution is -1.90. The lowest BCUT2D eigenvalue weighted by Gasteiger charge is -2.01. The summed E-state index contributed by atoms with van der Waals surface area (Å²) in [6.07, 6.45) is 6.70. The molecule has 0 fully saturated rings. The molecule has 0 saturated carbocycles. The molecule has 0 atom stereocenters. The summed E-state index contributed by atoms with van der Waals surface area (Å²) in [4.78, 5) is 17.2. The maximum atomic E-state index is 5.77. The van der Waals surface area contributed by atoms with Crippen LogP contribution < -0.4 is 4.74 Å². The standard InChI is InChI=1S/C17H12N4O2/c1-22-13-9-19-16(20-10-13)11-4-5-15-14(7-11)21-17(23-15)12-3-2-6-18-8-12/h2-10H,1H3. The van der Waals surface area contributed by atoms with Gasteiger partial charge in [-0.3, -0.25) is 4.98 Å². The van der Waals surface area contributed by atoms with E-state index >= 15 is 0 Å². The minimum atomic E-state index is 0.542. The number of hydrogen-bond acceptors (Lipinski definition) is 6. The second-order valence-corrected chi connectivity index (χ2v) is 4.89. The Labute approximate surface area is 131 Å². The van der Waals surface area contributed by atoms with Gasteiger partial charge in [-0.1, -0.05) is 0 Å². The molecule has 1 aromatic carbocycles. The van der Waals surface area contributed by atoms with Gasteiger partial charge in [0.25, 0.3) is 0 Å². The van der Waals surface area contributed by atoms with E-state index in [1.54, 1.807) is 31.9 Å². The van der Waals surface area contributed by atoms with Crippen LogP contribution in [0, 0.1) is 0 Å². The van der Waals surface area contributed by atoms with E-state index in [9.17, 15) is 0 Å². The van der Waals surface area contributed by atoms with Crippen molar-refractivity contribution in [1.82, 2.24) is 19.9 Å². The number of hydrogen-bond donors (Lipinski definition) is 0. The Morgan fingerprint density at radius 1 is 1.00 bits per heavy atom. The number of benzene rings is 1. The molecule has 0 aliphatic carbocycles. The van der Waals surface area contributed by atoms with Crippen LogP contribution in [-0.2, 0) is 0 Å². The summed E-state index contributed by atoms with van der Waals surface area (Å²) in [6.45, 7) is 0. The first-order valence-corrected chi connectivity index (χ1v) is 7.01. The molecule has 0 bridgehead atoms. The molecule has 4 rings (SSSR count). The molecule has 0 aliphatic heterocycles. The highest BCUT2D eigenvalue weighted by molar-refractivity contribution is 5.80. The van der Waals surface area contributed by atoms with Crippen molar-refractivity contribution in [3.63, 3.8) is 0 Å². The van der Waals surface area contributed by atoms with E-state index in [0.29, 0.717) is 23.0 Å². The minimum Gasteiger partial charge on any atom is -0.494 e. The summed E-state index contributed by atoms with van der Waals surface area (Å²) >= 11 is 0. The van der Waals surface area contributed by atoms with Crippen molar-refractivity contribution in [1.29, 1.82) is 0 Å². The summed E-state index contributed by atoms with van der Waals surface area (Å²) in [5, 5.41) is 0. The first-order valence-electron chi connectivity index (χ1n) is 7.01.